The van der Waals surface area contributed by atoms with Crippen molar-refractivity contribution in [3.05, 3.63) is 70.8 Å². The predicted molar refractivity (Wildman–Crippen MR) is 288 cm³/mol. The number of fused-ring (bicyclic) bond motifs is 4. The molecule has 4 heterocycles. The molecule has 2 aromatic rings. The number of unbranched alkanes of at least 4 members (excludes halogenated alkanes) is 2. The van der Waals surface area contributed by atoms with Crippen molar-refractivity contribution in [2.45, 2.75) is 151 Å². The number of benzene rings is 2. The Hall–Kier alpha value is -5.75. The van der Waals surface area contributed by atoms with Crippen molar-refractivity contribution in [1.29, 1.82) is 0 Å². The van der Waals surface area contributed by atoms with Crippen LogP contribution in [0.15, 0.2) is 48.5 Å². The number of nitrogens with two attached hydrogens (primary N) is 1. The average molecular weight is 1090 g/mol. The van der Waals surface area contributed by atoms with Gasteiger partial charge in [0, 0.05) is 88.1 Å². The van der Waals surface area contributed by atoms with E-state index in [1.54, 1.807) is 30.3 Å². The van der Waals surface area contributed by atoms with Gasteiger partial charge < -0.3 is 57.6 Å². The lowest BCUT2D eigenvalue weighted by atomic mass is 10.0. The summed E-state index contributed by atoms with van der Waals surface area (Å²) in [4.78, 5) is 129. The van der Waals surface area contributed by atoms with Crippen LogP contribution in [0.25, 0.3) is 0 Å². The summed E-state index contributed by atoms with van der Waals surface area (Å²) >= 11 is 2.77. The highest BCUT2D eigenvalue weighted by Crippen LogP contribution is 2.28. The first-order valence-corrected chi connectivity index (χ1v) is 28.9. The monoisotopic (exact) mass is 1090 g/mol. The molecule has 8 atom stereocenters. The smallest absolute Gasteiger partial charge is 0.327 e. The van der Waals surface area contributed by atoms with Crippen LogP contribution in [0.1, 0.15) is 100 Å². The van der Waals surface area contributed by atoms with Gasteiger partial charge in [-0.15, -0.1) is 0 Å². The van der Waals surface area contributed by atoms with Gasteiger partial charge in [0.25, 0.3) is 0 Å². The lowest BCUT2D eigenvalue weighted by Gasteiger charge is -2.33. The van der Waals surface area contributed by atoms with Crippen LogP contribution >= 0.6 is 23.5 Å². The molecule has 2 aromatic carbocycles. The number of carbonyl (C=O) groups excluding carboxylic acids is 8. The van der Waals surface area contributed by atoms with Crippen LogP contribution in [0, 0.1) is 0 Å². The Bertz CT molecular complexity index is 2360. The molecule has 6 rings (SSSR count). The van der Waals surface area contributed by atoms with Gasteiger partial charge in [-0.25, -0.2) is 4.79 Å². The number of amides is 8. The Balaban J connectivity index is 1.34. The van der Waals surface area contributed by atoms with Crippen molar-refractivity contribution in [2.24, 2.45) is 5.73 Å². The second-order valence-electron chi connectivity index (χ2n) is 20.1. The standard InChI is InChI=1S/C53H76N10O11S2/c1-3-4-6-15-45(66)56-40-31-75-29-36-24-35(28-61-22-18-55-19-23-61)25-37(26-36)30-76-32-41(53(73)74)59-48(68)39(27-34-11-7-5-8-12-34)58-47(67)38(16-17-44(54)65)57-50(70)46(33(2)64)60-49(69)42-13-9-20-62(42)52(72)43-14-10-21-63(43)51(40)71/h5,7-8,11-12,24-26,33,38-43,46,55,64H,3-4,6,9-10,13-23,27-32H2,1-2H3,(H2,54,65)(H,56,66)(H,57,70)(H,58,67)(H,59,68)(H,60,69)(H,73,74)/t33-,38+,39+,40+,41+,42+,43+,46+/m1/s1. The normalized spacial score (nSPS) is 25.6. The zero-order valence-corrected chi connectivity index (χ0v) is 45.2. The average Bonchev–Trinajstić information content (AvgIpc) is 4.10. The van der Waals surface area contributed by atoms with Crippen LogP contribution in [0.2, 0.25) is 0 Å². The largest absolute Gasteiger partial charge is 0.480 e. The van der Waals surface area contributed by atoms with Crippen LogP contribution in [0.3, 0.4) is 0 Å². The van der Waals surface area contributed by atoms with Crippen molar-refractivity contribution >= 4 is 76.8 Å². The number of hydrogen-bond donors (Lipinski definition) is 9. The van der Waals surface area contributed by atoms with Gasteiger partial charge in [0.2, 0.25) is 47.3 Å². The number of piperazine rings is 1. The summed E-state index contributed by atoms with van der Waals surface area (Å²) in [7, 11) is 0. The number of hydrogen-bond acceptors (Lipinski definition) is 14. The molecule has 0 radical (unpaired) electrons. The number of carbonyl (C=O) groups is 9. The van der Waals surface area contributed by atoms with E-state index in [-0.39, 0.29) is 62.6 Å². The SMILES string of the molecule is CCCCCC(=O)N[C@H]1CSCc2cc(cc(CN3CCNCC3)c2)CSC[C@@H](C(=O)O)NC(=O)[C@H](Cc2ccccc2)NC(=O)[C@H](CCC(N)=O)NC(=O)[C@H]([C@@H](C)O)NC(=O)[C@@H]2CCCN2C(=O)[C@@H]2CCCN2C1=O. The molecular formula is C53H76N10O11S2. The second kappa shape index (κ2) is 29.7. The number of rotatable bonds is 14. The Morgan fingerprint density at radius 3 is 2.01 bits per heavy atom. The highest BCUT2D eigenvalue weighted by molar-refractivity contribution is 7.98. The van der Waals surface area contributed by atoms with Crippen molar-refractivity contribution in [2.75, 3.05) is 50.8 Å². The molecule has 23 heteroatoms. The Morgan fingerprint density at radius 2 is 1.37 bits per heavy atom. The molecule has 3 saturated heterocycles. The highest BCUT2D eigenvalue weighted by Gasteiger charge is 2.45. The van der Waals surface area contributed by atoms with Gasteiger partial charge >= 0.3 is 5.97 Å². The summed E-state index contributed by atoms with van der Waals surface area (Å²) in [6.07, 6.45) is 1.77. The van der Waals surface area contributed by atoms with Crippen LogP contribution in [-0.2, 0) is 67.6 Å². The number of aliphatic carboxylic acids is 1. The third-order valence-corrected chi connectivity index (χ3v) is 16.3. The van der Waals surface area contributed by atoms with Gasteiger partial charge in [-0.3, -0.25) is 43.3 Å². The third kappa shape index (κ3) is 17.6. The molecule has 0 aromatic heterocycles. The molecule has 0 aliphatic carbocycles. The van der Waals surface area contributed by atoms with Crippen molar-refractivity contribution in [1.82, 2.24) is 46.6 Å². The number of carboxylic acids is 1. The zero-order valence-electron chi connectivity index (χ0n) is 43.6. The maximum atomic E-state index is 14.7. The molecule has 21 nitrogen and oxygen atoms in total. The maximum Gasteiger partial charge on any atom is 0.327 e. The number of aliphatic hydroxyl groups is 1. The van der Waals surface area contributed by atoms with E-state index in [9.17, 15) is 53.4 Å². The second-order valence-corrected chi connectivity index (χ2v) is 22.2. The minimum Gasteiger partial charge on any atom is -0.480 e. The molecule has 76 heavy (non-hydrogen) atoms. The van der Waals surface area contributed by atoms with E-state index in [1.807, 2.05) is 13.0 Å². The fourth-order valence-electron chi connectivity index (χ4n) is 10.0. The van der Waals surface area contributed by atoms with Crippen molar-refractivity contribution in [3.8, 4) is 0 Å². The summed E-state index contributed by atoms with van der Waals surface area (Å²) in [5.74, 6) is -5.76. The number of nitrogens with zero attached hydrogens (tertiary/aromatic N) is 3. The Labute approximate surface area is 453 Å². The van der Waals surface area contributed by atoms with E-state index in [0.717, 1.165) is 55.7 Å². The molecule has 416 valence electrons. The molecular weight excluding hydrogens is 1020 g/mol. The molecule has 3 fully saturated rings. The van der Waals surface area contributed by atoms with Gasteiger partial charge in [-0.2, -0.15) is 23.5 Å². The van der Waals surface area contributed by atoms with Gasteiger partial charge in [0.05, 0.1) is 6.10 Å². The number of nitrogens with one attached hydrogen (secondary N) is 6. The van der Waals surface area contributed by atoms with Crippen LogP contribution in [0.5, 0.6) is 0 Å². The number of primary amides is 1. The van der Waals surface area contributed by atoms with E-state index < -0.39 is 95.7 Å². The maximum absolute atomic E-state index is 14.7. The van der Waals surface area contributed by atoms with E-state index in [1.165, 1.54) is 40.2 Å². The van der Waals surface area contributed by atoms with Gasteiger partial charge in [0.1, 0.15) is 42.3 Å². The number of aliphatic hydroxyl groups excluding tert-OH is 1. The molecule has 2 bridgehead atoms. The van der Waals surface area contributed by atoms with E-state index in [4.69, 9.17) is 5.73 Å². The fraction of sp³-hybridized carbons (Fsp3) is 0.604. The first-order chi connectivity index (χ1) is 36.5. The Morgan fingerprint density at radius 1 is 0.737 bits per heavy atom. The number of carboxylic acid groups (broad SMARTS) is 1. The van der Waals surface area contributed by atoms with Crippen LogP contribution in [-0.4, -0.2) is 177 Å². The predicted octanol–water partition coefficient (Wildman–Crippen LogP) is 0.532. The lowest BCUT2D eigenvalue weighted by molar-refractivity contribution is -0.148. The van der Waals surface area contributed by atoms with Gasteiger partial charge in [0.15, 0.2) is 0 Å². The van der Waals surface area contributed by atoms with Gasteiger partial charge in [-0.05, 0) is 67.7 Å². The minimum absolute atomic E-state index is 0.0523. The molecule has 10 N–H and O–H groups in total. The van der Waals surface area contributed by atoms with Crippen molar-refractivity contribution < 1.29 is 53.4 Å². The van der Waals surface area contributed by atoms with Gasteiger partial charge in [-0.1, -0.05) is 68.3 Å². The fourth-order valence-corrected chi connectivity index (χ4v) is 12.0. The molecule has 0 unspecified atom stereocenters. The molecule has 4 aliphatic rings. The lowest BCUT2D eigenvalue weighted by Crippen LogP contribution is -2.61. The van der Waals surface area contributed by atoms with E-state index in [2.05, 4.69) is 48.9 Å². The van der Waals surface area contributed by atoms with E-state index >= 15 is 0 Å². The summed E-state index contributed by atoms with van der Waals surface area (Å²) in [6, 6.07) is 5.98. The molecule has 8 amide bonds. The van der Waals surface area contributed by atoms with E-state index in [0.29, 0.717) is 49.3 Å². The summed E-state index contributed by atoms with van der Waals surface area (Å²) in [5.41, 5.74) is 9.02. The van der Waals surface area contributed by atoms with Crippen LogP contribution in [0.4, 0.5) is 0 Å². The number of thioether (sulfide) groups is 2. The first-order valence-electron chi connectivity index (χ1n) is 26.6. The van der Waals surface area contributed by atoms with Crippen molar-refractivity contribution in [3.63, 3.8) is 0 Å². The molecule has 4 aliphatic heterocycles. The summed E-state index contributed by atoms with van der Waals surface area (Å²) < 4.78 is 0. The summed E-state index contributed by atoms with van der Waals surface area (Å²) in [6.45, 7) is 7.82. The quantitative estimate of drug-likeness (QED) is 0.117. The first kappa shape index (κ1) is 59.5. The third-order valence-electron chi connectivity index (χ3n) is 14.0. The molecule has 0 spiro atoms. The Kier molecular flexibility index (Phi) is 23.2. The minimum atomic E-state index is -1.66. The molecule has 0 saturated carbocycles. The topological polar surface area (TPSA) is 302 Å². The summed E-state index contributed by atoms with van der Waals surface area (Å²) in [5, 5.41) is 38.0. The zero-order chi connectivity index (χ0) is 54.7. The highest BCUT2D eigenvalue weighted by atomic mass is 32.2. The van der Waals surface area contributed by atoms with Crippen LogP contribution < -0.4 is 37.6 Å².